The van der Waals surface area contributed by atoms with Gasteiger partial charge < -0.3 is 29.2 Å². The predicted molar refractivity (Wildman–Crippen MR) is 96.5 cm³/mol. The molecule has 0 heterocycles. The second kappa shape index (κ2) is 16.2. The molecule has 0 aromatic carbocycles. The van der Waals surface area contributed by atoms with Crippen LogP contribution < -0.4 is 0 Å². The molecule has 0 aliphatic carbocycles. The zero-order chi connectivity index (χ0) is 18.9. The van der Waals surface area contributed by atoms with Crippen molar-refractivity contribution in [1.82, 2.24) is 0 Å². The van der Waals surface area contributed by atoms with E-state index in [1.807, 2.05) is 0 Å². The van der Waals surface area contributed by atoms with E-state index in [2.05, 4.69) is 41.5 Å². The summed E-state index contributed by atoms with van der Waals surface area (Å²) in [6.07, 6.45) is 2.13. The Bertz CT molecular complexity index is 232. The number of aliphatic hydroxyl groups excluding tert-OH is 2. The van der Waals surface area contributed by atoms with E-state index in [1.54, 1.807) is 0 Å². The largest absolute Gasteiger partial charge is 0.394 e. The summed E-state index contributed by atoms with van der Waals surface area (Å²) in [4.78, 5) is 0. The quantitative estimate of drug-likeness (QED) is 0.468. The standard InChI is InChI=1S/C10H22O.C8H18O5/c1-7-9(3,4)11-10(5,6)8-2;9-1-3-11-5-7-13-8-6-12-4-2-10/h7-8H2,1-6H3;9-10H,1-8H2. The fraction of sp³-hybridized carbons (Fsp3) is 1.00. The van der Waals surface area contributed by atoms with Crippen LogP contribution in [0.1, 0.15) is 54.4 Å². The average Bonchev–Trinajstić information content (AvgIpc) is 2.53. The van der Waals surface area contributed by atoms with E-state index in [0.717, 1.165) is 12.8 Å². The summed E-state index contributed by atoms with van der Waals surface area (Å²) >= 11 is 0. The fourth-order valence-electron chi connectivity index (χ4n) is 1.56. The average molecular weight is 353 g/mol. The van der Waals surface area contributed by atoms with Crippen molar-refractivity contribution < 1.29 is 29.2 Å². The van der Waals surface area contributed by atoms with Gasteiger partial charge >= 0.3 is 0 Å². The molecular weight excluding hydrogens is 312 g/mol. The molecule has 2 N–H and O–H groups in total. The van der Waals surface area contributed by atoms with E-state index in [-0.39, 0.29) is 24.4 Å². The number of ether oxygens (including phenoxy) is 4. The Balaban J connectivity index is 0. The molecule has 0 saturated heterocycles. The summed E-state index contributed by atoms with van der Waals surface area (Å²) in [6.45, 7) is 15.7. The van der Waals surface area contributed by atoms with Crippen molar-refractivity contribution in [2.75, 3.05) is 52.9 Å². The summed E-state index contributed by atoms with van der Waals surface area (Å²) in [5.41, 5.74) is 0.0546. The zero-order valence-electron chi connectivity index (χ0n) is 16.6. The first-order valence-electron chi connectivity index (χ1n) is 8.89. The van der Waals surface area contributed by atoms with Gasteiger partial charge in [-0.3, -0.25) is 0 Å². The maximum atomic E-state index is 8.36. The highest BCUT2D eigenvalue weighted by atomic mass is 16.5. The highest BCUT2D eigenvalue weighted by Gasteiger charge is 2.25. The summed E-state index contributed by atoms with van der Waals surface area (Å²) in [5, 5.41) is 16.7. The summed E-state index contributed by atoms with van der Waals surface area (Å²) in [5.74, 6) is 0. The molecule has 0 radical (unpaired) electrons. The highest BCUT2D eigenvalue weighted by molar-refractivity contribution is 4.74. The molecule has 0 bridgehead atoms. The number of hydrogen-bond donors (Lipinski definition) is 2. The van der Waals surface area contributed by atoms with Crippen LogP contribution in [0.15, 0.2) is 0 Å². The van der Waals surface area contributed by atoms with Crippen LogP contribution in [-0.2, 0) is 18.9 Å². The summed E-state index contributed by atoms with van der Waals surface area (Å²) < 4.78 is 20.9. The molecule has 0 aromatic rings. The molecular formula is C18H40O6. The van der Waals surface area contributed by atoms with E-state index in [9.17, 15) is 0 Å². The van der Waals surface area contributed by atoms with Gasteiger partial charge in [0, 0.05) is 0 Å². The Morgan fingerprint density at radius 1 is 0.583 bits per heavy atom. The van der Waals surface area contributed by atoms with E-state index in [4.69, 9.17) is 29.2 Å². The minimum atomic E-state index is 0.0273. The molecule has 0 rings (SSSR count). The lowest BCUT2D eigenvalue weighted by atomic mass is 10.0. The van der Waals surface area contributed by atoms with Gasteiger partial charge in [-0.25, -0.2) is 0 Å². The third-order valence-electron chi connectivity index (χ3n) is 3.47. The number of rotatable bonds is 14. The zero-order valence-corrected chi connectivity index (χ0v) is 16.6. The molecule has 0 aliphatic rings. The first-order valence-corrected chi connectivity index (χ1v) is 8.89. The Hall–Kier alpha value is -0.240. The van der Waals surface area contributed by atoms with Crippen molar-refractivity contribution >= 4 is 0 Å². The maximum absolute atomic E-state index is 8.36. The Labute approximate surface area is 148 Å². The van der Waals surface area contributed by atoms with Crippen molar-refractivity contribution in [3.05, 3.63) is 0 Å². The molecule has 0 aromatic heterocycles. The van der Waals surface area contributed by atoms with E-state index in [0.29, 0.717) is 39.6 Å². The van der Waals surface area contributed by atoms with Gasteiger partial charge in [-0.2, -0.15) is 0 Å². The topological polar surface area (TPSA) is 77.4 Å². The molecule has 0 spiro atoms. The molecule has 148 valence electrons. The normalized spacial score (nSPS) is 12.0. The molecule has 0 aliphatic heterocycles. The maximum Gasteiger partial charge on any atom is 0.0701 e. The van der Waals surface area contributed by atoms with Gasteiger partial charge in [0.25, 0.3) is 0 Å². The van der Waals surface area contributed by atoms with Crippen LogP contribution in [0.2, 0.25) is 0 Å². The van der Waals surface area contributed by atoms with Crippen LogP contribution in [0.4, 0.5) is 0 Å². The van der Waals surface area contributed by atoms with E-state index >= 15 is 0 Å². The lowest BCUT2D eigenvalue weighted by Crippen LogP contribution is -2.35. The Morgan fingerprint density at radius 3 is 1.12 bits per heavy atom. The van der Waals surface area contributed by atoms with Gasteiger partial charge in [-0.15, -0.1) is 0 Å². The second-order valence-corrected chi connectivity index (χ2v) is 6.61. The van der Waals surface area contributed by atoms with E-state index in [1.165, 1.54) is 0 Å². The molecule has 0 saturated carbocycles. The van der Waals surface area contributed by atoms with Gasteiger partial charge in [0.1, 0.15) is 0 Å². The SMILES string of the molecule is CCC(C)(C)OC(C)(C)CC.OCCOCCOCCOCCO. The molecule has 6 heteroatoms. The lowest BCUT2D eigenvalue weighted by Gasteiger charge is -2.34. The summed E-state index contributed by atoms with van der Waals surface area (Å²) in [6, 6.07) is 0. The van der Waals surface area contributed by atoms with Gasteiger partial charge in [0.15, 0.2) is 0 Å². The van der Waals surface area contributed by atoms with Crippen molar-refractivity contribution in [2.24, 2.45) is 0 Å². The smallest absolute Gasteiger partial charge is 0.0701 e. The predicted octanol–water partition coefficient (Wildman–Crippen LogP) is 2.40. The molecule has 6 nitrogen and oxygen atoms in total. The van der Waals surface area contributed by atoms with E-state index < -0.39 is 0 Å². The van der Waals surface area contributed by atoms with Crippen molar-refractivity contribution in [2.45, 2.75) is 65.6 Å². The first kappa shape index (κ1) is 26.0. The van der Waals surface area contributed by atoms with Crippen molar-refractivity contribution in [1.29, 1.82) is 0 Å². The fourth-order valence-corrected chi connectivity index (χ4v) is 1.56. The third kappa shape index (κ3) is 19.8. The monoisotopic (exact) mass is 352 g/mol. The van der Waals surface area contributed by atoms with Crippen LogP contribution in [0.25, 0.3) is 0 Å². The Morgan fingerprint density at radius 2 is 0.875 bits per heavy atom. The van der Waals surface area contributed by atoms with Crippen molar-refractivity contribution in [3.8, 4) is 0 Å². The van der Waals surface area contributed by atoms with Crippen LogP contribution in [-0.4, -0.2) is 74.3 Å². The third-order valence-corrected chi connectivity index (χ3v) is 3.47. The van der Waals surface area contributed by atoms with Crippen LogP contribution in [0.5, 0.6) is 0 Å². The Kier molecular flexibility index (Phi) is 17.6. The second-order valence-electron chi connectivity index (χ2n) is 6.61. The van der Waals surface area contributed by atoms with Crippen molar-refractivity contribution in [3.63, 3.8) is 0 Å². The van der Waals surface area contributed by atoms with Crippen LogP contribution >= 0.6 is 0 Å². The van der Waals surface area contributed by atoms with Gasteiger partial charge in [0.2, 0.25) is 0 Å². The first-order chi connectivity index (χ1) is 11.2. The molecule has 0 unspecified atom stereocenters. The lowest BCUT2D eigenvalue weighted by molar-refractivity contribution is -0.124. The molecule has 24 heavy (non-hydrogen) atoms. The minimum Gasteiger partial charge on any atom is -0.394 e. The molecule has 0 amide bonds. The molecule has 0 fully saturated rings. The molecule has 0 atom stereocenters. The summed E-state index contributed by atoms with van der Waals surface area (Å²) in [7, 11) is 0. The minimum absolute atomic E-state index is 0.0273. The van der Waals surface area contributed by atoms with Gasteiger partial charge in [-0.1, -0.05) is 13.8 Å². The van der Waals surface area contributed by atoms with Crippen LogP contribution in [0, 0.1) is 0 Å². The van der Waals surface area contributed by atoms with Gasteiger partial charge in [0.05, 0.1) is 64.1 Å². The van der Waals surface area contributed by atoms with Gasteiger partial charge in [-0.05, 0) is 40.5 Å². The van der Waals surface area contributed by atoms with Crippen LogP contribution in [0.3, 0.4) is 0 Å². The number of aliphatic hydroxyl groups is 2. The highest BCUT2D eigenvalue weighted by Crippen LogP contribution is 2.24. The number of hydrogen-bond acceptors (Lipinski definition) is 6.